The second kappa shape index (κ2) is 3.34. The fourth-order valence-electron chi connectivity index (χ4n) is 1.95. The van der Waals surface area contributed by atoms with E-state index in [0.29, 0.717) is 0 Å². The van der Waals surface area contributed by atoms with Crippen LogP contribution in [0.4, 0.5) is 13.2 Å². The van der Waals surface area contributed by atoms with Gasteiger partial charge in [-0.05, 0) is 12.1 Å². The Bertz CT molecular complexity index is 800. The maximum Gasteiger partial charge on any atom is 0.417 e. The highest BCUT2D eigenvalue weighted by Gasteiger charge is 2.32. The lowest BCUT2D eigenvalue weighted by atomic mass is 10.1. The number of imidazole rings is 1. The number of rotatable bonds is 0. The summed E-state index contributed by atoms with van der Waals surface area (Å²) in [5.74, 6) is 0. The average molecular weight is 253 g/mol. The minimum atomic E-state index is -4.48. The molecule has 92 valence electrons. The van der Waals surface area contributed by atoms with Crippen molar-refractivity contribution in [1.82, 2.24) is 14.4 Å². The molecule has 2 heterocycles. The second-order valence-corrected chi connectivity index (χ2v) is 3.78. The molecule has 0 aliphatic rings. The lowest BCUT2D eigenvalue weighted by molar-refractivity contribution is -0.136. The fourth-order valence-corrected chi connectivity index (χ4v) is 1.95. The number of aromatic amines is 1. The van der Waals surface area contributed by atoms with Gasteiger partial charge in [-0.15, -0.1) is 0 Å². The Morgan fingerprint density at radius 1 is 1.28 bits per heavy atom. The molecule has 4 nitrogen and oxygen atoms in total. The molecule has 18 heavy (non-hydrogen) atoms. The summed E-state index contributed by atoms with van der Waals surface area (Å²) in [5, 5.41) is -0.0980. The predicted molar refractivity (Wildman–Crippen MR) is 58.3 cm³/mol. The summed E-state index contributed by atoms with van der Waals surface area (Å²) in [6.45, 7) is 0. The highest BCUT2D eigenvalue weighted by atomic mass is 19.4. The van der Waals surface area contributed by atoms with Crippen LogP contribution in [0.15, 0.2) is 35.4 Å². The van der Waals surface area contributed by atoms with Gasteiger partial charge in [0.2, 0.25) is 0 Å². The molecule has 0 fully saturated rings. The van der Waals surface area contributed by atoms with Crippen molar-refractivity contribution in [1.29, 1.82) is 0 Å². The van der Waals surface area contributed by atoms with E-state index in [2.05, 4.69) is 9.97 Å². The van der Waals surface area contributed by atoms with Gasteiger partial charge in [0.15, 0.2) is 5.65 Å². The molecule has 3 aromatic rings. The molecule has 0 spiro atoms. The highest BCUT2D eigenvalue weighted by molar-refractivity contribution is 5.84. The van der Waals surface area contributed by atoms with Crippen molar-refractivity contribution in [2.24, 2.45) is 0 Å². The molecule has 0 atom stereocenters. The molecule has 0 radical (unpaired) electrons. The molecule has 0 bridgehead atoms. The fraction of sp³-hybridized carbons (Fsp3) is 0.0909. The first-order valence-corrected chi connectivity index (χ1v) is 5.03. The second-order valence-electron chi connectivity index (χ2n) is 3.78. The number of alkyl halides is 3. The number of H-pyrrole nitrogens is 1. The standard InChI is InChI=1S/C11H6F3N3O/c12-11(13,14)7-2-1-3-8-6(7)4-15-9-5-16-10(18)17(8)9/h1-5H,(H,16,18). The number of hydrogen-bond acceptors (Lipinski definition) is 2. The van der Waals surface area contributed by atoms with Gasteiger partial charge in [0, 0.05) is 17.8 Å². The van der Waals surface area contributed by atoms with Crippen LogP contribution in [0.1, 0.15) is 5.56 Å². The Kier molecular flexibility index (Phi) is 2.01. The van der Waals surface area contributed by atoms with Crippen molar-refractivity contribution in [2.75, 3.05) is 0 Å². The minimum Gasteiger partial charge on any atom is -0.310 e. The highest BCUT2D eigenvalue weighted by Crippen LogP contribution is 2.34. The Morgan fingerprint density at radius 3 is 2.78 bits per heavy atom. The van der Waals surface area contributed by atoms with Gasteiger partial charge in [-0.1, -0.05) is 6.07 Å². The summed E-state index contributed by atoms with van der Waals surface area (Å²) in [7, 11) is 0. The number of nitrogens with one attached hydrogen (secondary N) is 1. The minimum absolute atomic E-state index is 0.0980. The van der Waals surface area contributed by atoms with Gasteiger partial charge in [0.1, 0.15) is 0 Å². The van der Waals surface area contributed by atoms with Crippen LogP contribution in [0.2, 0.25) is 0 Å². The molecule has 0 aliphatic carbocycles. The van der Waals surface area contributed by atoms with Crippen LogP contribution in [0, 0.1) is 0 Å². The Morgan fingerprint density at radius 2 is 2.06 bits per heavy atom. The molecule has 0 aliphatic heterocycles. The first-order chi connectivity index (χ1) is 8.48. The van der Waals surface area contributed by atoms with Crippen LogP contribution in [0.5, 0.6) is 0 Å². The summed E-state index contributed by atoms with van der Waals surface area (Å²) in [4.78, 5) is 17.8. The van der Waals surface area contributed by atoms with Crippen molar-refractivity contribution < 1.29 is 13.2 Å². The molecular formula is C11H6F3N3O. The topological polar surface area (TPSA) is 50.2 Å². The maximum atomic E-state index is 12.8. The predicted octanol–water partition coefficient (Wildman–Crippen LogP) is 2.19. The van der Waals surface area contributed by atoms with E-state index in [1.54, 1.807) is 0 Å². The molecular weight excluding hydrogens is 247 g/mol. The first-order valence-electron chi connectivity index (χ1n) is 5.03. The third kappa shape index (κ3) is 1.40. The molecule has 0 saturated heterocycles. The lowest BCUT2D eigenvalue weighted by Gasteiger charge is -2.10. The van der Waals surface area contributed by atoms with E-state index < -0.39 is 17.4 Å². The van der Waals surface area contributed by atoms with E-state index in [0.717, 1.165) is 16.7 Å². The van der Waals surface area contributed by atoms with Crippen LogP contribution in [-0.4, -0.2) is 14.4 Å². The zero-order valence-corrected chi connectivity index (χ0v) is 8.82. The number of nitrogens with zero attached hydrogens (tertiary/aromatic N) is 2. The number of aromatic nitrogens is 3. The number of fused-ring (bicyclic) bond motifs is 3. The molecule has 0 unspecified atom stereocenters. The summed E-state index contributed by atoms with van der Waals surface area (Å²) in [6, 6.07) is 3.69. The molecule has 1 N–H and O–H groups in total. The molecule has 7 heteroatoms. The van der Waals surface area contributed by atoms with Gasteiger partial charge in [-0.25, -0.2) is 14.2 Å². The van der Waals surface area contributed by atoms with Gasteiger partial charge >= 0.3 is 11.9 Å². The molecule has 2 aromatic heterocycles. The maximum absolute atomic E-state index is 12.8. The van der Waals surface area contributed by atoms with E-state index in [1.165, 1.54) is 18.3 Å². The van der Waals surface area contributed by atoms with Crippen LogP contribution in [0.25, 0.3) is 16.6 Å². The van der Waals surface area contributed by atoms with Crippen molar-refractivity contribution in [2.45, 2.75) is 6.18 Å². The van der Waals surface area contributed by atoms with Gasteiger partial charge in [-0.3, -0.25) is 0 Å². The number of halogens is 3. The van der Waals surface area contributed by atoms with E-state index in [4.69, 9.17) is 0 Å². The SMILES string of the molecule is O=c1[nH]cc2ncc3c(C(F)(F)F)cccc3n12. The summed E-state index contributed by atoms with van der Waals surface area (Å²) >= 11 is 0. The van der Waals surface area contributed by atoms with Crippen LogP contribution in [0.3, 0.4) is 0 Å². The van der Waals surface area contributed by atoms with Crippen LogP contribution < -0.4 is 5.69 Å². The molecule has 0 amide bonds. The Balaban J connectivity index is 2.55. The molecule has 3 rings (SSSR count). The van der Waals surface area contributed by atoms with Crippen molar-refractivity contribution in [3.63, 3.8) is 0 Å². The summed E-state index contributed by atoms with van der Waals surface area (Å²) in [5.41, 5.74) is -0.849. The Labute approximate surface area is 97.7 Å². The summed E-state index contributed by atoms with van der Waals surface area (Å²) in [6.07, 6.45) is -2.00. The number of hydrogen-bond donors (Lipinski definition) is 1. The first kappa shape index (κ1) is 10.8. The molecule has 1 aromatic carbocycles. The zero-order valence-electron chi connectivity index (χ0n) is 8.82. The quantitative estimate of drug-likeness (QED) is 0.667. The lowest BCUT2D eigenvalue weighted by Crippen LogP contribution is -2.12. The molecule has 0 saturated carbocycles. The van der Waals surface area contributed by atoms with Crippen molar-refractivity contribution >= 4 is 16.6 Å². The van der Waals surface area contributed by atoms with E-state index in [1.807, 2.05) is 0 Å². The Hall–Kier alpha value is -2.31. The van der Waals surface area contributed by atoms with Gasteiger partial charge in [-0.2, -0.15) is 13.2 Å². The van der Waals surface area contributed by atoms with E-state index in [9.17, 15) is 18.0 Å². The largest absolute Gasteiger partial charge is 0.417 e. The number of benzene rings is 1. The van der Waals surface area contributed by atoms with Gasteiger partial charge in [0.25, 0.3) is 0 Å². The monoisotopic (exact) mass is 253 g/mol. The van der Waals surface area contributed by atoms with Crippen molar-refractivity contribution in [3.05, 3.63) is 46.6 Å². The average Bonchev–Trinajstić information content (AvgIpc) is 2.69. The third-order valence-electron chi connectivity index (χ3n) is 2.71. The summed E-state index contributed by atoms with van der Waals surface area (Å²) < 4.78 is 39.6. The van der Waals surface area contributed by atoms with Gasteiger partial charge in [0.05, 0.1) is 11.1 Å². The van der Waals surface area contributed by atoms with E-state index in [-0.39, 0.29) is 16.6 Å². The van der Waals surface area contributed by atoms with Crippen molar-refractivity contribution in [3.8, 4) is 0 Å². The normalized spacial score (nSPS) is 12.4. The zero-order chi connectivity index (χ0) is 12.9. The van der Waals surface area contributed by atoms with Crippen LogP contribution in [-0.2, 0) is 6.18 Å². The third-order valence-corrected chi connectivity index (χ3v) is 2.71. The van der Waals surface area contributed by atoms with Gasteiger partial charge < -0.3 is 4.98 Å². The van der Waals surface area contributed by atoms with E-state index >= 15 is 0 Å². The van der Waals surface area contributed by atoms with Crippen LogP contribution >= 0.6 is 0 Å². The smallest absolute Gasteiger partial charge is 0.310 e.